The van der Waals surface area contributed by atoms with Crippen LogP contribution < -0.4 is 15.4 Å². The summed E-state index contributed by atoms with van der Waals surface area (Å²) in [5.74, 6) is 0.511. The van der Waals surface area contributed by atoms with Gasteiger partial charge in [0, 0.05) is 37.5 Å². The van der Waals surface area contributed by atoms with Crippen molar-refractivity contribution in [2.24, 2.45) is 5.73 Å². The molecule has 1 rings (SSSR count). The van der Waals surface area contributed by atoms with Crippen LogP contribution in [0.3, 0.4) is 0 Å². The van der Waals surface area contributed by atoms with Gasteiger partial charge in [-0.05, 0) is 13.8 Å². The topological polar surface area (TPSA) is 81.6 Å². The molecule has 0 heterocycles. The van der Waals surface area contributed by atoms with Crippen molar-refractivity contribution >= 4 is 11.4 Å². The second-order valence-corrected chi connectivity index (χ2v) is 3.74. The van der Waals surface area contributed by atoms with Gasteiger partial charge in [-0.2, -0.15) is 0 Å². The van der Waals surface area contributed by atoms with Gasteiger partial charge in [0.05, 0.1) is 17.6 Å². The maximum absolute atomic E-state index is 10.9. The Hall–Kier alpha value is -1.82. The predicted octanol–water partition coefficient (Wildman–Crippen LogP) is 1.78. The first-order valence-corrected chi connectivity index (χ1v) is 5.99. The van der Waals surface area contributed by atoms with Gasteiger partial charge >= 0.3 is 0 Å². The Balaban J connectivity index is 3.12. The number of anilines is 1. The van der Waals surface area contributed by atoms with Crippen molar-refractivity contribution in [2.75, 3.05) is 31.1 Å². The summed E-state index contributed by atoms with van der Waals surface area (Å²) in [6, 6.07) is 4.78. The van der Waals surface area contributed by atoms with Crippen molar-refractivity contribution in [3.05, 3.63) is 28.3 Å². The Kier molecular flexibility index (Phi) is 5.38. The molecule has 0 saturated carbocycles. The Morgan fingerprint density at radius 1 is 1.39 bits per heavy atom. The monoisotopic (exact) mass is 253 g/mol. The highest BCUT2D eigenvalue weighted by Gasteiger charge is 2.13. The van der Waals surface area contributed by atoms with Crippen molar-refractivity contribution in [2.45, 2.75) is 13.8 Å². The minimum absolute atomic E-state index is 0.0337. The van der Waals surface area contributed by atoms with E-state index in [0.29, 0.717) is 25.4 Å². The first kappa shape index (κ1) is 14.2. The quantitative estimate of drug-likeness (QED) is 0.591. The third-order valence-corrected chi connectivity index (χ3v) is 2.54. The van der Waals surface area contributed by atoms with Gasteiger partial charge in [-0.3, -0.25) is 10.1 Å². The highest BCUT2D eigenvalue weighted by Crippen LogP contribution is 2.28. The molecule has 100 valence electrons. The van der Waals surface area contributed by atoms with Gasteiger partial charge in [-0.25, -0.2) is 0 Å². The number of nitro benzene ring substituents is 1. The van der Waals surface area contributed by atoms with Gasteiger partial charge in [0.2, 0.25) is 0 Å². The van der Waals surface area contributed by atoms with E-state index in [2.05, 4.69) is 0 Å². The zero-order chi connectivity index (χ0) is 13.5. The molecule has 0 unspecified atom stereocenters. The summed E-state index contributed by atoms with van der Waals surface area (Å²) in [6.45, 7) is 6.20. The van der Waals surface area contributed by atoms with E-state index in [-0.39, 0.29) is 5.69 Å². The first-order valence-electron chi connectivity index (χ1n) is 5.99. The number of rotatable bonds is 7. The van der Waals surface area contributed by atoms with E-state index < -0.39 is 4.92 Å². The smallest absolute Gasteiger partial charge is 0.275 e. The second-order valence-electron chi connectivity index (χ2n) is 3.74. The summed E-state index contributed by atoms with van der Waals surface area (Å²) >= 11 is 0. The number of non-ortho nitro benzene ring substituents is 1. The molecule has 0 atom stereocenters. The Morgan fingerprint density at radius 3 is 2.61 bits per heavy atom. The summed E-state index contributed by atoms with van der Waals surface area (Å²) in [6.07, 6.45) is 0. The largest absolute Gasteiger partial charge is 0.494 e. The van der Waals surface area contributed by atoms with E-state index in [4.69, 9.17) is 10.5 Å². The van der Waals surface area contributed by atoms with E-state index in [9.17, 15) is 10.1 Å². The molecule has 6 heteroatoms. The zero-order valence-electron chi connectivity index (χ0n) is 10.8. The van der Waals surface area contributed by atoms with Crippen LogP contribution in [0.2, 0.25) is 0 Å². The fourth-order valence-corrected chi connectivity index (χ4v) is 1.73. The molecule has 18 heavy (non-hydrogen) atoms. The number of hydrogen-bond donors (Lipinski definition) is 1. The molecule has 0 aliphatic rings. The van der Waals surface area contributed by atoms with E-state index >= 15 is 0 Å². The van der Waals surface area contributed by atoms with Crippen LogP contribution in [-0.2, 0) is 0 Å². The van der Waals surface area contributed by atoms with Crippen LogP contribution in [0.25, 0.3) is 0 Å². The summed E-state index contributed by atoms with van der Waals surface area (Å²) in [5.41, 5.74) is 6.33. The molecular weight excluding hydrogens is 234 g/mol. The van der Waals surface area contributed by atoms with Gasteiger partial charge in [-0.15, -0.1) is 0 Å². The highest BCUT2D eigenvalue weighted by atomic mass is 16.6. The number of hydrogen-bond acceptors (Lipinski definition) is 5. The second kappa shape index (κ2) is 6.80. The molecule has 0 aromatic heterocycles. The standard InChI is InChI=1S/C12H19N3O3/c1-3-14(6-5-13)10-7-11(15(16)17)9-12(8-10)18-4-2/h7-9H,3-6,13H2,1-2H3. The fraction of sp³-hybridized carbons (Fsp3) is 0.500. The summed E-state index contributed by atoms with van der Waals surface area (Å²) in [7, 11) is 0. The molecule has 1 aromatic rings. The van der Waals surface area contributed by atoms with Crippen LogP contribution >= 0.6 is 0 Å². The number of nitrogens with two attached hydrogens (primary N) is 1. The highest BCUT2D eigenvalue weighted by molar-refractivity contribution is 5.58. The molecule has 0 saturated heterocycles. The lowest BCUT2D eigenvalue weighted by molar-refractivity contribution is -0.384. The molecule has 6 nitrogen and oxygen atoms in total. The third kappa shape index (κ3) is 3.59. The number of likely N-dealkylation sites (N-methyl/N-ethyl adjacent to an activating group) is 1. The molecule has 0 aliphatic heterocycles. The molecule has 0 aliphatic carbocycles. The Bertz CT molecular complexity index is 410. The number of nitro groups is 1. The maximum Gasteiger partial charge on any atom is 0.275 e. The van der Waals surface area contributed by atoms with Crippen molar-refractivity contribution in [1.82, 2.24) is 0 Å². The minimum atomic E-state index is -0.414. The van der Waals surface area contributed by atoms with Crippen LogP contribution in [0, 0.1) is 10.1 Å². The molecule has 2 N–H and O–H groups in total. The summed E-state index contributed by atoms with van der Waals surface area (Å²) < 4.78 is 5.35. The lowest BCUT2D eigenvalue weighted by atomic mass is 10.2. The lowest BCUT2D eigenvalue weighted by Gasteiger charge is -2.22. The summed E-state index contributed by atoms with van der Waals surface area (Å²) in [5, 5.41) is 10.9. The average Bonchev–Trinajstić information content (AvgIpc) is 2.35. The van der Waals surface area contributed by atoms with Crippen LogP contribution in [-0.4, -0.2) is 31.2 Å². The van der Waals surface area contributed by atoms with E-state index in [1.807, 2.05) is 18.7 Å². The lowest BCUT2D eigenvalue weighted by Crippen LogP contribution is -2.29. The minimum Gasteiger partial charge on any atom is -0.494 e. The number of benzene rings is 1. The van der Waals surface area contributed by atoms with Gasteiger partial charge in [0.25, 0.3) is 5.69 Å². The first-order chi connectivity index (χ1) is 8.62. The number of ether oxygens (including phenoxy) is 1. The van der Waals surface area contributed by atoms with Gasteiger partial charge < -0.3 is 15.4 Å². The van der Waals surface area contributed by atoms with Crippen molar-refractivity contribution < 1.29 is 9.66 Å². The molecule has 0 spiro atoms. The Morgan fingerprint density at radius 2 is 2.11 bits per heavy atom. The molecule has 0 bridgehead atoms. The van der Waals surface area contributed by atoms with E-state index in [1.54, 1.807) is 12.1 Å². The van der Waals surface area contributed by atoms with Crippen molar-refractivity contribution in [3.8, 4) is 5.75 Å². The molecule has 1 aromatic carbocycles. The molecule has 0 radical (unpaired) electrons. The van der Waals surface area contributed by atoms with Crippen LogP contribution in [0.15, 0.2) is 18.2 Å². The van der Waals surface area contributed by atoms with Crippen LogP contribution in [0.4, 0.5) is 11.4 Å². The Labute approximate surface area is 106 Å². The van der Waals surface area contributed by atoms with Crippen molar-refractivity contribution in [3.63, 3.8) is 0 Å². The average molecular weight is 253 g/mol. The van der Waals surface area contributed by atoms with Crippen LogP contribution in [0.5, 0.6) is 5.75 Å². The normalized spacial score (nSPS) is 10.2. The van der Waals surface area contributed by atoms with Gasteiger partial charge in [0.15, 0.2) is 0 Å². The molecule has 0 amide bonds. The van der Waals surface area contributed by atoms with E-state index in [0.717, 1.165) is 12.2 Å². The molecular formula is C12H19N3O3. The number of nitrogens with zero attached hydrogens (tertiary/aromatic N) is 2. The van der Waals surface area contributed by atoms with E-state index in [1.165, 1.54) is 6.07 Å². The molecule has 0 fully saturated rings. The SMILES string of the molecule is CCOc1cc(N(CC)CCN)cc([N+](=O)[O-])c1. The fourth-order valence-electron chi connectivity index (χ4n) is 1.73. The van der Waals surface area contributed by atoms with Crippen molar-refractivity contribution in [1.29, 1.82) is 0 Å². The zero-order valence-corrected chi connectivity index (χ0v) is 10.8. The predicted molar refractivity (Wildman–Crippen MR) is 71.2 cm³/mol. The maximum atomic E-state index is 10.9. The van der Waals surface area contributed by atoms with Gasteiger partial charge in [-0.1, -0.05) is 0 Å². The van der Waals surface area contributed by atoms with Crippen LogP contribution in [0.1, 0.15) is 13.8 Å². The van der Waals surface area contributed by atoms with Gasteiger partial charge in [0.1, 0.15) is 5.75 Å². The third-order valence-electron chi connectivity index (χ3n) is 2.54. The summed E-state index contributed by atoms with van der Waals surface area (Å²) in [4.78, 5) is 12.5.